The van der Waals surface area contributed by atoms with Gasteiger partial charge in [0.1, 0.15) is 12.0 Å². The van der Waals surface area contributed by atoms with E-state index < -0.39 is 29.5 Å². The molecule has 0 aromatic heterocycles. The van der Waals surface area contributed by atoms with E-state index in [4.69, 9.17) is 18.9 Å². The number of fused-ring (bicyclic) bond motifs is 1. The first-order chi connectivity index (χ1) is 14.9. The van der Waals surface area contributed by atoms with Gasteiger partial charge in [-0.2, -0.15) is 0 Å². The minimum absolute atomic E-state index is 0.0794. The molecule has 1 aromatic carbocycles. The van der Waals surface area contributed by atoms with Crippen LogP contribution in [0.2, 0.25) is 0 Å². The van der Waals surface area contributed by atoms with Crippen LogP contribution in [0.1, 0.15) is 58.4 Å². The highest BCUT2D eigenvalue weighted by Gasteiger charge is 2.60. The Morgan fingerprint density at radius 3 is 2.32 bits per heavy atom. The van der Waals surface area contributed by atoms with Crippen LogP contribution in [0.5, 0.6) is 5.75 Å². The molecule has 0 aliphatic carbocycles. The number of rotatable bonds is 8. The molecule has 2 atom stereocenters. The molecular weight excluding hydrogens is 402 g/mol. The van der Waals surface area contributed by atoms with Crippen molar-refractivity contribution in [2.24, 2.45) is 5.41 Å². The summed E-state index contributed by atoms with van der Waals surface area (Å²) in [6.45, 7) is 7.75. The molecule has 2 heterocycles. The Bertz CT molecular complexity index is 813. The molecule has 1 amide bonds. The number of carbonyl (C=O) groups is 3. The van der Waals surface area contributed by atoms with Gasteiger partial charge in [-0.15, -0.1) is 0 Å². The van der Waals surface area contributed by atoms with E-state index in [2.05, 4.69) is 0 Å². The number of anilines is 1. The number of benzene rings is 1. The molecule has 8 heteroatoms. The highest BCUT2D eigenvalue weighted by molar-refractivity contribution is 6.14. The van der Waals surface area contributed by atoms with Gasteiger partial charge in [0.2, 0.25) is 5.91 Å². The molecule has 1 saturated heterocycles. The van der Waals surface area contributed by atoms with Gasteiger partial charge in [0.25, 0.3) is 0 Å². The molecule has 2 aliphatic rings. The second kappa shape index (κ2) is 9.68. The Labute approximate surface area is 182 Å². The van der Waals surface area contributed by atoms with Gasteiger partial charge in [-0.3, -0.25) is 19.3 Å². The maximum Gasteiger partial charge on any atom is 0.324 e. The third-order valence-corrected chi connectivity index (χ3v) is 5.78. The van der Waals surface area contributed by atoms with Crippen molar-refractivity contribution in [3.63, 3.8) is 0 Å². The molecule has 0 radical (unpaired) electrons. The maximum atomic E-state index is 13.8. The first-order valence-electron chi connectivity index (χ1n) is 11.0. The molecule has 0 N–H and O–H groups in total. The molecule has 1 aromatic rings. The Balaban J connectivity index is 2.15. The molecule has 8 nitrogen and oxygen atoms in total. The Hall–Kier alpha value is -2.61. The van der Waals surface area contributed by atoms with Crippen molar-refractivity contribution in [2.75, 3.05) is 31.3 Å². The molecule has 2 aliphatic heterocycles. The first-order valence-corrected chi connectivity index (χ1v) is 11.0. The van der Waals surface area contributed by atoms with Crippen LogP contribution in [0.3, 0.4) is 0 Å². The third kappa shape index (κ3) is 4.13. The minimum Gasteiger partial charge on any atom is -0.494 e. The quantitative estimate of drug-likeness (QED) is 0.459. The van der Waals surface area contributed by atoms with E-state index in [1.807, 2.05) is 6.92 Å². The fourth-order valence-electron chi connectivity index (χ4n) is 4.29. The minimum atomic E-state index is -1.84. The van der Waals surface area contributed by atoms with Crippen LogP contribution in [0.15, 0.2) is 18.2 Å². The highest BCUT2D eigenvalue weighted by Crippen LogP contribution is 2.50. The van der Waals surface area contributed by atoms with Crippen molar-refractivity contribution in [1.29, 1.82) is 0 Å². The van der Waals surface area contributed by atoms with E-state index in [-0.39, 0.29) is 19.1 Å². The van der Waals surface area contributed by atoms with Crippen LogP contribution < -0.4 is 9.64 Å². The zero-order valence-corrected chi connectivity index (χ0v) is 18.6. The van der Waals surface area contributed by atoms with Crippen molar-refractivity contribution in [3.05, 3.63) is 23.8 Å². The van der Waals surface area contributed by atoms with Gasteiger partial charge >= 0.3 is 11.9 Å². The summed E-state index contributed by atoms with van der Waals surface area (Å²) in [6, 6.07) is 5.29. The zero-order valence-electron chi connectivity index (χ0n) is 18.6. The average Bonchev–Trinajstić information content (AvgIpc) is 3.05. The van der Waals surface area contributed by atoms with Gasteiger partial charge in [-0.05, 0) is 70.7 Å². The number of nitrogens with zero attached hydrogens (tertiary/aromatic N) is 1. The number of ether oxygens (including phenoxy) is 4. The molecule has 0 saturated carbocycles. The molecular formula is C23H31NO7. The number of esters is 2. The summed E-state index contributed by atoms with van der Waals surface area (Å²) in [4.78, 5) is 41.5. The first kappa shape index (κ1) is 23.1. The van der Waals surface area contributed by atoms with Gasteiger partial charge in [0.15, 0.2) is 5.41 Å². The Kier molecular flexibility index (Phi) is 7.20. The predicted molar refractivity (Wildman–Crippen MR) is 113 cm³/mol. The van der Waals surface area contributed by atoms with Crippen molar-refractivity contribution in [1.82, 2.24) is 0 Å². The lowest BCUT2D eigenvalue weighted by Gasteiger charge is -2.33. The van der Waals surface area contributed by atoms with Crippen molar-refractivity contribution in [3.8, 4) is 5.75 Å². The number of amides is 1. The lowest BCUT2D eigenvalue weighted by atomic mass is 9.73. The molecule has 31 heavy (non-hydrogen) atoms. The Morgan fingerprint density at radius 1 is 1.10 bits per heavy atom. The largest absolute Gasteiger partial charge is 0.494 e. The topological polar surface area (TPSA) is 91.4 Å². The van der Waals surface area contributed by atoms with Crippen molar-refractivity contribution >= 4 is 23.5 Å². The second-order valence-electron chi connectivity index (χ2n) is 7.76. The maximum absolute atomic E-state index is 13.8. The van der Waals surface area contributed by atoms with E-state index in [0.717, 1.165) is 12.8 Å². The van der Waals surface area contributed by atoms with Gasteiger partial charge in [0, 0.05) is 6.61 Å². The summed E-state index contributed by atoms with van der Waals surface area (Å²) in [6.07, 6.45) is 2.09. The highest BCUT2D eigenvalue weighted by atomic mass is 16.6. The second-order valence-corrected chi connectivity index (χ2v) is 7.76. The van der Waals surface area contributed by atoms with E-state index in [9.17, 15) is 14.4 Å². The smallest absolute Gasteiger partial charge is 0.324 e. The van der Waals surface area contributed by atoms with Gasteiger partial charge in [-0.25, -0.2) is 0 Å². The lowest BCUT2D eigenvalue weighted by molar-refractivity contribution is -0.174. The SMILES string of the molecule is CCOC(=O)C(C)(C(=O)OCC)C1C(=O)N(C2CCCCO2)c2ccc(OCC)cc21. The summed E-state index contributed by atoms with van der Waals surface area (Å²) in [5, 5.41) is 0. The summed E-state index contributed by atoms with van der Waals surface area (Å²) in [5.74, 6) is -2.50. The van der Waals surface area contributed by atoms with E-state index in [1.165, 1.54) is 6.92 Å². The zero-order chi connectivity index (χ0) is 22.6. The van der Waals surface area contributed by atoms with Crippen LogP contribution in [-0.2, 0) is 28.6 Å². The van der Waals surface area contributed by atoms with Crippen LogP contribution in [-0.4, -0.2) is 50.5 Å². The predicted octanol–water partition coefficient (Wildman–Crippen LogP) is 3.17. The summed E-state index contributed by atoms with van der Waals surface area (Å²) in [5.41, 5.74) is -0.689. The number of hydrogen-bond donors (Lipinski definition) is 0. The van der Waals surface area contributed by atoms with Gasteiger partial charge < -0.3 is 18.9 Å². The van der Waals surface area contributed by atoms with Crippen LogP contribution in [0.25, 0.3) is 0 Å². The molecule has 1 fully saturated rings. The normalized spacial score (nSPS) is 20.9. The molecule has 0 bridgehead atoms. The van der Waals surface area contributed by atoms with Crippen LogP contribution in [0.4, 0.5) is 5.69 Å². The molecule has 170 valence electrons. The summed E-state index contributed by atoms with van der Waals surface area (Å²) in [7, 11) is 0. The summed E-state index contributed by atoms with van der Waals surface area (Å²) < 4.78 is 22.0. The fraction of sp³-hybridized carbons (Fsp3) is 0.609. The molecule has 0 spiro atoms. The van der Waals surface area contributed by atoms with Crippen LogP contribution >= 0.6 is 0 Å². The fourth-order valence-corrected chi connectivity index (χ4v) is 4.29. The van der Waals surface area contributed by atoms with E-state index >= 15 is 0 Å². The third-order valence-electron chi connectivity index (χ3n) is 5.78. The summed E-state index contributed by atoms with van der Waals surface area (Å²) >= 11 is 0. The standard InChI is InChI=1S/C23H31NO7/c1-5-28-15-11-12-17-16(14-15)19(20(25)24(17)18-10-8-9-13-31-18)23(4,21(26)29-6-2)22(27)30-7-3/h11-12,14,18-19H,5-10,13H2,1-4H3. The van der Waals surface area contributed by atoms with E-state index in [0.29, 0.717) is 36.6 Å². The van der Waals surface area contributed by atoms with E-state index in [1.54, 1.807) is 36.9 Å². The van der Waals surface area contributed by atoms with Crippen molar-refractivity contribution < 1.29 is 33.3 Å². The van der Waals surface area contributed by atoms with Gasteiger partial charge in [-0.1, -0.05) is 0 Å². The van der Waals surface area contributed by atoms with Gasteiger partial charge in [0.05, 0.1) is 31.4 Å². The number of carbonyl (C=O) groups excluding carboxylic acids is 3. The average molecular weight is 434 g/mol. The Morgan fingerprint density at radius 2 is 1.77 bits per heavy atom. The van der Waals surface area contributed by atoms with Crippen molar-refractivity contribution in [2.45, 2.75) is 59.1 Å². The molecule has 2 unspecified atom stereocenters. The number of hydrogen-bond acceptors (Lipinski definition) is 7. The monoisotopic (exact) mass is 433 g/mol. The molecule has 3 rings (SSSR count). The lowest BCUT2D eigenvalue weighted by Crippen LogP contribution is -2.50. The van der Waals surface area contributed by atoms with Crippen LogP contribution in [0, 0.1) is 5.41 Å².